The quantitative estimate of drug-likeness (QED) is 0.785. The van der Waals surface area contributed by atoms with Crippen molar-refractivity contribution in [2.75, 3.05) is 5.32 Å². The minimum Gasteiger partial charge on any atom is -0.351 e. The van der Waals surface area contributed by atoms with E-state index in [9.17, 15) is 0 Å². The first-order valence-corrected chi connectivity index (χ1v) is 6.91. The Morgan fingerprint density at radius 2 is 2.25 bits per heavy atom. The predicted octanol–water partition coefficient (Wildman–Crippen LogP) is 2.74. The summed E-state index contributed by atoms with van der Waals surface area (Å²) in [6, 6.07) is 1.09. The van der Waals surface area contributed by atoms with E-state index in [1.54, 1.807) is 11.3 Å². The second-order valence-corrected chi connectivity index (χ2v) is 5.42. The van der Waals surface area contributed by atoms with Crippen LogP contribution in [0.3, 0.4) is 0 Å². The zero-order valence-electron chi connectivity index (χ0n) is 9.49. The van der Waals surface area contributed by atoms with Gasteiger partial charge in [-0.15, -0.1) is 11.3 Å². The zero-order valence-corrected chi connectivity index (χ0v) is 10.3. The Morgan fingerprint density at radius 1 is 1.38 bits per heavy atom. The van der Waals surface area contributed by atoms with Gasteiger partial charge in [-0.25, -0.2) is 4.99 Å². The van der Waals surface area contributed by atoms with Gasteiger partial charge in [0.2, 0.25) is 0 Å². The Morgan fingerprint density at radius 3 is 3.00 bits per heavy atom. The number of guanidine groups is 1. The monoisotopic (exact) mass is 235 g/mol. The average molecular weight is 235 g/mol. The summed E-state index contributed by atoms with van der Waals surface area (Å²) in [7, 11) is 0. The van der Waals surface area contributed by atoms with E-state index >= 15 is 0 Å². The fourth-order valence-corrected chi connectivity index (χ4v) is 3.28. The molecule has 1 saturated carbocycles. The van der Waals surface area contributed by atoms with E-state index in [1.165, 1.54) is 36.9 Å². The van der Waals surface area contributed by atoms with E-state index in [-0.39, 0.29) is 0 Å². The van der Waals surface area contributed by atoms with Gasteiger partial charge >= 0.3 is 0 Å². The molecular weight excluding hydrogens is 218 g/mol. The summed E-state index contributed by atoms with van der Waals surface area (Å²) < 4.78 is 0. The molecule has 2 unspecified atom stereocenters. The maximum absolute atomic E-state index is 4.73. The van der Waals surface area contributed by atoms with E-state index in [4.69, 9.17) is 4.99 Å². The summed E-state index contributed by atoms with van der Waals surface area (Å²) in [5.74, 6) is 0.971. The standard InChI is InChI=1S/C12H17N3S/c1-8-6-16-7-11(8)15-12-13-9-4-2-3-5-10(9)14-12/h6-7,9-10H,2-5H2,1H3,(H2,13,14,15). The molecule has 3 rings (SSSR count). The van der Waals surface area contributed by atoms with Gasteiger partial charge in [-0.05, 0) is 30.7 Å². The second-order valence-electron chi connectivity index (χ2n) is 4.67. The van der Waals surface area contributed by atoms with Gasteiger partial charge in [0, 0.05) is 5.38 Å². The van der Waals surface area contributed by atoms with Gasteiger partial charge in [0.1, 0.15) is 0 Å². The van der Waals surface area contributed by atoms with Crippen LogP contribution in [0.25, 0.3) is 0 Å². The highest BCUT2D eigenvalue weighted by atomic mass is 32.1. The number of anilines is 1. The van der Waals surface area contributed by atoms with Crippen molar-refractivity contribution in [2.24, 2.45) is 4.99 Å². The predicted molar refractivity (Wildman–Crippen MR) is 69.3 cm³/mol. The van der Waals surface area contributed by atoms with Crippen LogP contribution in [0, 0.1) is 6.92 Å². The normalized spacial score (nSPS) is 28.2. The van der Waals surface area contributed by atoms with Crippen molar-refractivity contribution in [3.05, 3.63) is 16.3 Å². The molecule has 0 saturated heterocycles. The third-order valence-electron chi connectivity index (χ3n) is 3.46. The van der Waals surface area contributed by atoms with E-state index in [0.717, 1.165) is 5.96 Å². The minimum absolute atomic E-state index is 0.509. The number of aryl methyl sites for hydroxylation is 1. The molecular formula is C12H17N3S. The third kappa shape index (κ3) is 1.82. The van der Waals surface area contributed by atoms with E-state index in [2.05, 4.69) is 28.3 Å². The van der Waals surface area contributed by atoms with Gasteiger partial charge in [-0.2, -0.15) is 0 Å². The van der Waals surface area contributed by atoms with Crippen LogP contribution in [-0.2, 0) is 0 Å². The number of aliphatic imine (C=N–C) groups is 1. The summed E-state index contributed by atoms with van der Waals surface area (Å²) in [5, 5.41) is 11.2. The molecule has 1 fully saturated rings. The number of thiophene rings is 1. The van der Waals surface area contributed by atoms with Crippen LogP contribution in [0.1, 0.15) is 31.2 Å². The van der Waals surface area contributed by atoms with E-state index in [1.807, 2.05) is 0 Å². The Labute approximate surface area is 100.0 Å². The van der Waals surface area contributed by atoms with Crippen LogP contribution < -0.4 is 10.6 Å². The molecule has 2 atom stereocenters. The molecule has 3 nitrogen and oxygen atoms in total. The molecule has 0 spiro atoms. The van der Waals surface area contributed by atoms with Crippen molar-refractivity contribution in [1.82, 2.24) is 5.32 Å². The molecule has 0 bridgehead atoms. The third-order valence-corrected chi connectivity index (χ3v) is 4.32. The number of nitrogens with one attached hydrogen (secondary N) is 2. The molecule has 2 heterocycles. The Hall–Kier alpha value is -1.03. The van der Waals surface area contributed by atoms with Crippen molar-refractivity contribution in [3.8, 4) is 0 Å². The molecule has 2 aliphatic rings. The lowest BCUT2D eigenvalue weighted by Crippen LogP contribution is -2.38. The number of fused-ring (bicyclic) bond motifs is 1. The van der Waals surface area contributed by atoms with Crippen LogP contribution in [0.2, 0.25) is 0 Å². The first-order valence-electron chi connectivity index (χ1n) is 5.97. The number of hydrogen-bond acceptors (Lipinski definition) is 4. The molecule has 86 valence electrons. The summed E-state index contributed by atoms with van der Waals surface area (Å²) in [6.07, 6.45) is 5.18. The van der Waals surface area contributed by atoms with Crippen LogP contribution in [0.4, 0.5) is 5.69 Å². The van der Waals surface area contributed by atoms with Crippen LogP contribution >= 0.6 is 11.3 Å². The Kier molecular flexibility index (Phi) is 2.59. The van der Waals surface area contributed by atoms with Crippen LogP contribution in [0.15, 0.2) is 15.8 Å². The fourth-order valence-electron chi connectivity index (χ4n) is 2.50. The summed E-state index contributed by atoms with van der Waals surface area (Å²) >= 11 is 1.73. The maximum atomic E-state index is 4.73. The van der Waals surface area contributed by atoms with Crippen molar-refractivity contribution in [3.63, 3.8) is 0 Å². The summed E-state index contributed by atoms with van der Waals surface area (Å²) in [5.41, 5.74) is 2.49. The topological polar surface area (TPSA) is 36.4 Å². The molecule has 1 aliphatic carbocycles. The van der Waals surface area contributed by atoms with Crippen LogP contribution in [0.5, 0.6) is 0 Å². The van der Waals surface area contributed by atoms with Gasteiger partial charge < -0.3 is 10.6 Å². The second kappa shape index (κ2) is 4.09. The lowest BCUT2D eigenvalue weighted by molar-refractivity contribution is 0.384. The molecule has 0 radical (unpaired) electrons. The van der Waals surface area contributed by atoms with Crippen LogP contribution in [-0.4, -0.2) is 18.0 Å². The highest BCUT2D eigenvalue weighted by Crippen LogP contribution is 2.26. The summed E-state index contributed by atoms with van der Waals surface area (Å²) in [4.78, 5) is 4.73. The lowest BCUT2D eigenvalue weighted by atomic mass is 9.92. The van der Waals surface area contributed by atoms with E-state index in [0.29, 0.717) is 12.1 Å². The fraction of sp³-hybridized carbons (Fsp3) is 0.583. The zero-order chi connectivity index (χ0) is 11.0. The minimum atomic E-state index is 0.509. The lowest BCUT2D eigenvalue weighted by Gasteiger charge is -2.23. The number of nitrogens with zero attached hydrogens (tertiary/aromatic N) is 1. The molecule has 0 amide bonds. The van der Waals surface area contributed by atoms with E-state index < -0.39 is 0 Å². The largest absolute Gasteiger partial charge is 0.351 e. The molecule has 1 aromatic heterocycles. The van der Waals surface area contributed by atoms with Crippen molar-refractivity contribution in [2.45, 2.75) is 44.7 Å². The van der Waals surface area contributed by atoms with Gasteiger partial charge in [-0.3, -0.25) is 0 Å². The Bertz CT molecular complexity index is 410. The van der Waals surface area contributed by atoms with Gasteiger partial charge in [-0.1, -0.05) is 12.8 Å². The van der Waals surface area contributed by atoms with Gasteiger partial charge in [0.25, 0.3) is 0 Å². The maximum Gasteiger partial charge on any atom is 0.196 e. The highest BCUT2D eigenvalue weighted by Gasteiger charge is 2.30. The molecule has 1 aromatic rings. The number of rotatable bonds is 1. The summed E-state index contributed by atoms with van der Waals surface area (Å²) in [6.45, 7) is 2.13. The average Bonchev–Trinajstić information content (AvgIpc) is 2.85. The van der Waals surface area contributed by atoms with Crippen molar-refractivity contribution < 1.29 is 0 Å². The van der Waals surface area contributed by atoms with Crippen molar-refractivity contribution in [1.29, 1.82) is 0 Å². The molecule has 0 aromatic carbocycles. The van der Waals surface area contributed by atoms with Gasteiger partial charge in [0.05, 0.1) is 17.8 Å². The van der Waals surface area contributed by atoms with Crippen molar-refractivity contribution >= 4 is 23.0 Å². The smallest absolute Gasteiger partial charge is 0.196 e. The highest BCUT2D eigenvalue weighted by molar-refractivity contribution is 7.08. The SMILES string of the molecule is Cc1cscc1NC1=NC2CCCCC2N1. The van der Waals surface area contributed by atoms with Gasteiger partial charge in [0.15, 0.2) is 5.96 Å². The first-order chi connectivity index (χ1) is 7.83. The molecule has 2 N–H and O–H groups in total. The first kappa shape index (κ1) is 10.1. The molecule has 16 heavy (non-hydrogen) atoms. The molecule has 4 heteroatoms. The number of hydrogen-bond donors (Lipinski definition) is 2. The molecule has 1 aliphatic heterocycles. The Balaban J connectivity index is 1.71.